The first-order valence-corrected chi connectivity index (χ1v) is 9.21. The van der Waals surface area contributed by atoms with Crippen LogP contribution in [-0.4, -0.2) is 31.7 Å². The van der Waals surface area contributed by atoms with Crippen LogP contribution in [0, 0.1) is 0 Å². The van der Waals surface area contributed by atoms with E-state index in [1.54, 1.807) is 11.8 Å². The van der Waals surface area contributed by atoms with Crippen LogP contribution in [0.5, 0.6) is 0 Å². The molecule has 104 valence electrons. The molecule has 0 aliphatic carbocycles. The summed E-state index contributed by atoms with van der Waals surface area (Å²) in [5, 5.41) is 3.38. The second kappa shape index (κ2) is 6.48. The molecule has 3 nitrogen and oxygen atoms in total. The van der Waals surface area contributed by atoms with E-state index in [0.717, 1.165) is 29.2 Å². The molecule has 1 aromatic carbocycles. The van der Waals surface area contributed by atoms with E-state index < -0.39 is 9.84 Å². The highest BCUT2D eigenvalue weighted by molar-refractivity contribution is 7.99. The predicted octanol–water partition coefficient (Wildman–Crippen LogP) is 2.95. The molecule has 1 aliphatic rings. The molecule has 0 bridgehead atoms. The zero-order valence-electron chi connectivity index (χ0n) is 10.8. The number of hydrogen-bond donors (Lipinski definition) is 1. The van der Waals surface area contributed by atoms with E-state index in [0.29, 0.717) is 5.75 Å². The topological polar surface area (TPSA) is 46.2 Å². The Hall–Kier alpha value is -0.940. The lowest BCUT2D eigenvalue weighted by Gasteiger charge is -2.25. The van der Waals surface area contributed by atoms with E-state index in [1.165, 1.54) is 0 Å². The van der Waals surface area contributed by atoms with Gasteiger partial charge in [-0.3, -0.25) is 0 Å². The average Bonchev–Trinajstić information content (AvgIpc) is 2.36. The lowest BCUT2D eigenvalue weighted by atomic mass is 10.1. The van der Waals surface area contributed by atoms with Crippen molar-refractivity contribution in [2.24, 2.45) is 0 Å². The SMILES string of the molecule is C=CCSc1ccccc1NC1CCCS(=O)(=O)C1. The number of anilines is 1. The van der Waals surface area contributed by atoms with Crippen molar-refractivity contribution in [2.75, 3.05) is 22.6 Å². The molecule has 1 N–H and O–H groups in total. The summed E-state index contributed by atoms with van der Waals surface area (Å²) in [5.74, 6) is 1.42. The van der Waals surface area contributed by atoms with Crippen molar-refractivity contribution in [3.63, 3.8) is 0 Å². The van der Waals surface area contributed by atoms with Gasteiger partial charge < -0.3 is 5.32 Å². The first-order chi connectivity index (χ1) is 9.11. The van der Waals surface area contributed by atoms with Gasteiger partial charge in [-0.05, 0) is 25.0 Å². The average molecular weight is 297 g/mol. The number of nitrogens with one attached hydrogen (secondary N) is 1. The Morgan fingerprint density at radius 3 is 2.95 bits per heavy atom. The quantitative estimate of drug-likeness (QED) is 0.670. The Labute approximate surface area is 119 Å². The molecule has 0 radical (unpaired) electrons. The summed E-state index contributed by atoms with van der Waals surface area (Å²) < 4.78 is 23.3. The van der Waals surface area contributed by atoms with Gasteiger partial charge in [0.25, 0.3) is 0 Å². The molecule has 0 amide bonds. The van der Waals surface area contributed by atoms with Gasteiger partial charge in [0.05, 0.1) is 11.5 Å². The van der Waals surface area contributed by atoms with Gasteiger partial charge in [-0.15, -0.1) is 18.3 Å². The highest BCUT2D eigenvalue weighted by Crippen LogP contribution is 2.28. The molecule has 1 unspecified atom stereocenters. The normalized spacial score (nSPS) is 21.8. The lowest BCUT2D eigenvalue weighted by Crippen LogP contribution is -2.34. The van der Waals surface area contributed by atoms with E-state index in [-0.39, 0.29) is 11.8 Å². The van der Waals surface area contributed by atoms with Gasteiger partial charge in [-0.25, -0.2) is 8.42 Å². The zero-order valence-corrected chi connectivity index (χ0v) is 12.5. The number of thioether (sulfide) groups is 1. The summed E-state index contributed by atoms with van der Waals surface area (Å²) in [5.41, 5.74) is 1.02. The van der Waals surface area contributed by atoms with E-state index in [4.69, 9.17) is 0 Å². The molecule has 0 spiro atoms. The van der Waals surface area contributed by atoms with Crippen molar-refractivity contribution in [1.29, 1.82) is 0 Å². The molecule has 1 atom stereocenters. The maximum Gasteiger partial charge on any atom is 0.152 e. The molecule has 2 rings (SSSR count). The number of hydrogen-bond acceptors (Lipinski definition) is 4. The minimum atomic E-state index is -2.87. The third-order valence-corrected chi connectivity index (χ3v) is 5.96. The summed E-state index contributed by atoms with van der Waals surface area (Å²) in [6.07, 6.45) is 3.54. The minimum absolute atomic E-state index is 0.0317. The third kappa shape index (κ3) is 4.28. The Balaban J connectivity index is 2.08. The van der Waals surface area contributed by atoms with Crippen molar-refractivity contribution < 1.29 is 8.42 Å². The molecule has 1 aliphatic heterocycles. The molecular formula is C14H19NO2S2. The predicted molar refractivity (Wildman–Crippen MR) is 82.7 cm³/mol. The molecule has 1 heterocycles. The first kappa shape index (κ1) is 14.5. The van der Waals surface area contributed by atoms with Crippen LogP contribution < -0.4 is 5.32 Å². The maximum atomic E-state index is 11.6. The van der Waals surface area contributed by atoms with Gasteiger partial charge in [0.2, 0.25) is 0 Å². The van der Waals surface area contributed by atoms with Crippen LogP contribution in [0.25, 0.3) is 0 Å². The molecule has 1 aromatic rings. The summed E-state index contributed by atoms with van der Waals surface area (Å²) in [6.45, 7) is 3.72. The van der Waals surface area contributed by atoms with Crippen molar-refractivity contribution in [1.82, 2.24) is 0 Å². The van der Waals surface area contributed by atoms with Crippen LogP contribution in [0.1, 0.15) is 12.8 Å². The fraction of sp³-hybridized carbons (Fsp3) is 0.429. The van der Waals surface area contributed by atoms with E-state index in [9.17, 15) is 8.42 Å². The minimum Gasteiger partial charge on any atom is -0.380 e. The summed E-state index contributed by atoms with van der Waals surface area (Å²) in [7, 11) is -2.87. The Bertz CT molecular complexity index is 540. The Morgan fingerprint density at radius 2 is 2.21 bits per heavy atom. The van der Waals surface area contributed by atoms with Gasteiger partial charge in [0, 0.05) is 22.4 Å². The number of para-hydroxylation sites is 1. The second-order valence-electron chi connectivity index (χ2n) is 4.69. The lowest BCUT2D eigenvalue weighted by molar-refractivity contribution is 0.562. The van der Waals surface area contributed by atoms with E-state index >= 15 is 0 Å². The summed E-state index contributed by atoms with van der Waals surface area (Å²) in [4.78, 5) is 1.14. The molecule has 0 aromatic heterocycles. The third-order valence-electron chi connectivity index (χ3n) is 3.07. The van der Waals surface area contributed by atoms with Crippen LogP contribution >= 0.6 is 11.8 Å². The standard InChI is InChI=1S/C14H19NO2S2/c1-2-9-18-14-8-4-3-7-13(14)15-12-6-5-10-19(16,17)11-12/h2-4,7-8,12,15H,1,5-6,9-11H2. The van der Waals surface area contributed by atoms with Crippen LogP contribution in [-0.2, 0) is 9.84 Å². The fourth-order valence-corrected chi connectivity index (χ4v) is 4.61. The van der Waals surface area contributed by atoms with Gasteiger partial charge >= 0.3 is 0 Å². The van der Waals surface area contributed by atoms with Crippen molar-refractivity contribution >= 4 is 27.3 Å². The molecule has 5 heteroatoms. The van der Waals surface area contributed by atoms with Crippen molar-refractivity contribution in [3.05, 3.63) is 36.9 Å². The monoisotopic (exact) mass is 297 g/mol. The van der Waals surface area contributed by atoms with Gasteiger partial charge in [-0.2, -0.15) is 0 Å². The summed E-state index contributed by atoms with van der Waals surface area (Å²) >= 11 is 1.71. The Kier molecular flexibility index (Phi) is 4.93. The van der Waals surface area contributed by atoms with E-state index in [1.807, 2.05) is 30.3 Å². The molecular weight excluding hydrogens is 278 g/mol. The zero-order chi connectivity index (χ0) is 13.7. The van der Waals surface area contributed by atoms with Crippen molar-refractivity contribution in [3.8, 4) is 0 Å². The van der Waals surface area contributed by atoms with E-state index in [2.05, 4.69) is 11.9 Å². The summed E-state index contributed by atoms with van der Waals surface area (Å²) in [6, 6.07) is 8.05. The molecule has 0 saturated carbocycles. The number of rotatable bonds is 5. The molecule has 1 saturated heterocycles. The van der Waals surface area contributed by atoms with Crippen LogP contribution in [0.3, 0.4) is 0 Å². The van der Waals surface area contributed by atoms with Crippen LogP contribution in [0.2, 0.25) is 0 Å². The number of sulfone groups is 1. The van der Waals surface area contributed by atoms with Gasteiger partial charge in [-0.1, -0.05) is 18.2 Å². The number of benzene rings is 1. The smallest absolute Gasteiger partial charge is 0.152 e. The highest BCUT2D eigenvalue weighted by Gasteiger charge is 2.24. The largest absolute Gasteiger partial charge is 0.380 e. The second-order valence-corrected chi connectivity index (χ2v) is 7.98. The van der Waals surface area contributed by atoms with Crippen LogP contribution in [0.15, 0.2) is 41.8 Å². The highest BCUT2D eigenvalue weighted by atomic mass is 32.2. The van der Waals surface area contributed by atoms with Gasteiger partial charge in [0.1, 0.15) is 0 Å². The fourth-order valence-electron chi connectivity index (χ4n) is 2.22. The van der Waals surface area contributed by atoms with Gasteiger partial charge in [0.15, 0.2) is 9.84 Å². The molecule has 1 fully saturated rings. The Morgan fingerprint density at radius 1 is 1.42 bits per heavy atom. The first-order valence-electron chi connectivity index (χ1n) is 6.40. The van der Waals surface area contributed by atoms with Crippen molar-refractivity contribution in [2.45, 2.75) is 23.8 Å². The van der Waals surface area contributed by atoms with Crippen LogP contribution in [0.4, 0.5) is 5.69 Å². The maximum absolute atomic E-state index is 11.6. The molecule has 19 heavy (non-hydrogen) atoms.